The number of nitrogens with one attached hydrogen (secondary N) is 1. The first kappa shape index (κ1) is 25.2. The van der Waals surface area contributed by atoms with Crippen molar-refractivity contribution in [3.8, 4) is 0 Å². The van der Waals surface area contributed by atoms with Crippen LogP contribution in [0.1, 0.15) is 48.5 Å². The number of anilines is 1. The van der Waals surface area contributed by atoms with E-state index in [4.69, 9.17) is 4.74 Å². The Labute approximate surface area is 204 Å². The maximum Gasteiger partial charge on any atom is 0.306 e. The maximum atomic E-state index is 12.5. The minimum Gasteiger partial charge on any atom is -0.454 e. The standard InChI is InChI=1S/C28H29NO4S/c1-3-25(28(32)21-8-5-4-6-9-21)33-27(31)11-7-10-26(30)29-22-14-18-24(19-15-22)34-23-16-12-20(2)13-17-23/h4-6,8-9,12-19,25H,3,7,10-11H2,1-2H3,(H,29,30). The van der Waals surface area contributed by atoms with E-state index in [2.05, 4.69) is 36.5 Å². The van der Waals surface area contributed by atoms with E-state index >= 15 is 0 Å². The van der Waals surface area contributed by atoms with Gasteiger partial charge in [-0.05, 0) is 56.2 Å². The molecule has 3 aromatic rings. The summed E-state index contributed by atoms with van der Waals surface area (Å²) in [6.45, 7) is 3.86. The monoisotopic (exact) mass is 475 g/mol. The molecule has 0 aromatic heterocycles. The second kappa shape index (κ2) is 12.8. The van der Waals surface area contributed by atoms with Crippen LogP contribution in [0.3, 0.4) is 0 Å². The Kier molecular flexibility index (Phi) is 9.47. The van der Waals surface area contributed by atoms with Crippen LogP contribution < -0.4 is 5.32 Å². The number of benzene rings is 3. The lowest BCUT2D eigenvalue weighted by Crippen LogP contribution is -2.26. The Morgan fingerprint density at radius 1 is 0.853 bits per heavy atom. The molecule has 1 N–H and O–H groups in total. The average Bonchev–Trinajstić information content (AvgIpc) is 2.85. The van der Waals surface area contributed by atoms with Crippen molar-refractivity contribution in [2.75, 3.05) is 5.32 Å². The first-order valence-electron chi connectivity index (χ1n) is 11.4. The summed E-state index contributed by atoms with van der Waals surface area (Å²) >= 11 is 1.66. The predicted octanol–water partition coefficient (Wildman–Crippen LogP) is 6.46. The van der Waals surface area contributed by atoms with Crippen LogP contribution in [0.15, 0.2) is 88.7 Å². The van der Waals surface area contributed by atoms with Crippen LogP contribution in [0.5, 0.6) is 0 Å². The van der Waals surface area contributed by atoms with E-state index in [0.29, 0.717) is 24.1 Å². The molecule has 34 heavy (non-hydrogen) atoms. The fourth-order valence-corrected chi connectivity index (χ4v) is 4.11. The van der Waals surface area contributed by atoms with Crippen LogP contribution in [-0.4, -0.2) is 23.8 Å². The fourth-order valence-electron chi connectivity index (χ4n) is 3.29. The topological polar surface area (TPSA) is 72.5 Å². The van der Waals surface area contributed by atoms with Crippen LogP contribution in [0.2, 0.25) is 0 Å². The van der Waals surface area contributed by atoms with E-state index in [1.807, 2.05) is 30.3 Å². The summed E-state index contributed by atoms with van der Waals surface area (Å²) in [5.74, 6) is -0.848. The van der Waals surface area contributed by atoms with Crippen molar-refractivity contribution >= 4 is 35.1 Å². The van der Waals surface area contributed by atoms with Crippen molar-refractivity contribution in [1.29, 1.82) is 0 Å². The molecular formula is C28H29NO4S. The molecule has 1 unspecified atom stereocenters. The minimum atomic E-state index is -0.806. The zero-order valence-corrected chi connectivity index (χ0v) is 20.3. The molecule has 0 aliphatic carbocycles. The molecular weight excluding hydrogens is 446 g/mol. The molecule has 0 spiro atoms. The zero-order chi connectivity index (χ0) is 24.3. The number of ketones is 1. The lowest BCUT2D eigenvalue weighted by atomic mass is 10.0. The number of ether oxygens (including phenoxy) is 1. The number of aryl methyl sites for hydroxylation is 1. The Bertz CT molecular complexity index is 1100. The van der Waals surface area contributed by atoms with Crippen molar-refractivity contribution in [2.45, 2.75) is 55.4 Å². The van der Waals surface area contributed by atoms with Gasteiger partial charge in [0.25, 0.3) is 0 Å². The van der Waals surface area contributed by atoms with Crippen LogP contribution >= 0.6 is 11.8 Å². The van der Waals surface area contributed by atoms with E-state index in [9.17, 15) is 14.4 Å². The molecule has 0 heterocycles. The van der Waals surface area contributed by atoms with E-state index in [1.54, 1.807) is 43.0 Å². The highest BCUT2D eigenvalue weighted by Gasteiger charge is 2.22. The first-order valence-corrected chi connectivity index (χ1v) is 12.2. The molecule has 3 rings (SSSR count). The number of Topliss-reactive ketones (excluding diaryl/α,β-unsaturated/α-hetero) is 1. The van der Waals surface area contributed by atoms with Crippen molar-refractivity contribution in [2.24, 2.45) is 0 Å². The largest absolute Gasteiger partial charge is 0.454 e. The predicted molar refractivity (Wildman–Crippen MR) is 135 cm³/mol. The molecule has 1 atom stereocenters. The van der Waals surface area contributed by atoms with Gasteiger partial charge in [-0.15, -0.1) is 0 Å². The SMILES string of the molecule is CCC(OC(=O)CCCC(=O)Nc1ccc(Sc2ccc(C)cc2)cc1)C(=O)c1ccccc1. The van der Waals surface area contributed by atoms with E-state index in [-0.39, 0.29) is 24.5 Å². The summed E-state index contributed by atoms with van der Waals surface area (Å²) in [4.78, 5) is 39.2. The van der Waals surface area contributed by atoms with Gasteiger partial charge in [-0.3, -0.25) is 14.4 Å². The third-order valence-corrected chi connectivity index (χ3v) is 6.19. The number of esters is 1. The quantitative estimate of drug-likeness (QED) is 0.254. The first-order chi connectivity index (χ1) is 16.4. The van der Waals surface area contributed by atoms with Gasteiger partial charge < -0.3 is 10.1 Å². The molecule has 0 fully saturated rings. The molecule has 1 amide bonds. The molecule has 6 heteroatoms. The van der Waals surface area contributed by atoms with Gasteiger partial charge in [0.15, 0.2) is 6.10 Å². The van der Waals surface area contributed by atoms with Crippen LogP contribution in [0.4, 0.5) is 5.69 Å². The van der Waals surface area contributed by atoms with Gasteiger partial charge in [0.2, 0.25) is 11.7 Å². The van der Waals surface area contributed by atoms with Crippen LogP contribution in [0.25, 0.3) is 0 Å². The van der Waals surface area contributed by atoms with Crippen molar-refractivity contribution < 1.29 is 19.1 Å². The van der Waals surface area contributed by atoms with E-state index < -0.39 is 12.1 Å². The average molecular weight is 476 g/mol. The van der Waals surface area contributed by atoms with Crippen molar-refractivity contribution in [3.05, 3.63) is 90.0 Å². The third kappa shape index (κ3) is 7.89. The van der Waals surface area contributed by atoms with Crippen LogP contribution in [-0.2, 0) is 14.3 Å². The Morgan fingerprint density at radius 3 is 2.09 bits per heavy atom. The van der Waals surface area contributed by atoms with Gasteiger partial charge in [0.05, 0.1) is 0 Å². The number of hydrogen-bond acceptors (Lipinski definition) is 5. The van der Waals surface area contributed by atoms with Crippen LogP contribution in [0, 0.1) is 6.92 Å². The highest BCUT2D eigenvalue weighted by atomic mass is 32.2. The molecule has 0 saturated carbocycles. The Hall–Kier alpha value is -3.38. The third-order valence-electron chi connectivity index (χ3n) is 5.17. The lowest BCUT2D eigenvalue weighted by Gasteiger charge is -2.15. The zero-order valence-electron chi connectivity index (χ0n) is 19.5. The number of carbonyl (C=O) groups is 3. The summed E-state index contributed by atoms with van der Waals surface area (Å²) < 4.78 is 5.36. The lowest BCUT2D eigenvalue weighted by molar-refractivity contribution is -0.147. The van der Waals surface area contributed by atoms with Gasteiger partial charge in [-0.1, -0.05) is 66.7 Å². The summed E-state index contributed by atoms with van der Waals surface area (Å²) in [7, 11) is 0. The summed E-state index contributed by atoms with van der Waals surface area (Å²) in [5.41, 5.74) is 2.45. The Balaban J connectivity index is 1.40. The number of amides is 1. The summed E-state index contributed by atoms with van der Waals surface area (Å²) in [5, 5.41) is 2.85. The summed E-state index contributed by atoms with van der Waals surface area (Å²) in [6, 6.07) is 24.8. The van der Waals surface area contributed by atoms with Gasteiger partial charge >= 0.3 is 5.97 Å². The number of carbonyl (C=O) groups excluding carboxylic acids is 3. The molecule has 3 aromatic carbocycles. The minimum absolute atomic E-state index is 0.0815. The molecule has 0 radical (unpaired) electrons. The second-order valence-electron chi connectivity index (χ2n) is 7.96. The Morgan fingerprint density at radius 2 is 1.47 bits per heavy atom. The maximum absolute atomic E-state index is 12.5. The molecule has 0 aliphatic rings. The highest BCUT2D eigenvalue weighted by Crippen LogP contribution is 2.28. The highest BCUT2D eigenvalue weighted by molar-refractivity contribution is 7.99. The molecule has 0 bridgehead atoms. The van der Waals surface area contributed by atoms with Crippen molar-refractivity contribution in [3.63, 3.8) is 0 Å². The summed E-state index contributed by atoms with van der Waals surface area (Å²) in [6.07, 6.45) is 0.219. The van der Waals surface area contributed by atoms with Gasteiger partial charge in [0.1, 0.15) is 0 Å². The molecule has 5 nitrogen and oxygen atoms in total. The van der Waals surface area contributed by atoms with Gasteiger partial charge in [-0.2, -0.15) is 0 Å². The molecule has 0 aliphatic heterocycles. The molecule has 0 saturated heterocycles. The van der Waals surface area contributed by atoms with Crippen molar-refractivity contribution in [1.82, 2.24) is 0 Å². The number of hydrogen-bond donors (Lipinski definition) is 1. The van der Waals surface area contributed by atoms with E-state index in [0.717, 1.165) is 9.79 Å². The fraction of sp³-hybridized carbons (Fsp3) is 0.250. The second-order valence-corrected chi connectivity index (χ2v) is 9.11. The smallest absolute Gasteiger partial charge is 0.306 e. The molecule has 176 valence electrons. The number of rotatable bonds is 11. The van der Waals surface area contributed by atoms with E-state index in [1.165, 1.54) is 5.56 Å². The normalized spacial score (nSPS) is 11.5. The van der Waals surface area contributed by atoms with Gasteiger partial charge in [-0.25, -0.2) is 0 Å². The van der Waals surface area contributed by atoms with Gasteiger partial charge in [0, 0.05) is 33.9 Å².